The summed E-state index contributed by atoms with van der Waals surface area (Å²) in [7, 11) is 0. The van der Waals surface area contributed by atoms with Crippen LogP contribution in [0.5, 0.6) is 0 Å². The molecule has 0 amide bonds. The maximum absolute atomic E-state index is 9.39. The molecule has 0 spiro atoms. The second-order valence-electron chi connectivity index (χ2n) is 2.93. The second kappa shape index (κ2) is 4.25. The fourth-order valence-electron chi connectivity index (χ4n) is 1.24. The highest BCUT2D eigenvalue weighted by Gasteiger charge is 2.32. The van der Waals surface area contributed by atoms with E-state index in [2.05, 4.69) is 10.0 Å². The van der Waals surface area contributed by atoms with Crippen molar-refractivity contribution in [3.63, 3.8) is 0 Å². The minimum Gasteiger partial charge on any atom is -0.390 e. The highest BCUT2D eigenvalue weighted by molar-refractivity contribution is 5.07. The Labute approximate surface area is 74.7 Å². The molecule has 0 saturated heterocycles. The van der Waals surface area contributed by atoms with Gasteiger partial charge in [0.2, 0.25) is 0 Å². The topological polar surface area (TPSA) is 109 Å². The molecule has 2 unspecified atom stereocenters. The van der Waals surface area contributed by atoms with E-state index in [1.54, 1.807) is 0 Å². The number of aliphatic hydroxyl groups excluding tert-OH is 3. The Balaban J connectivity index is 2.66. The molecule has 13 heavy (non-hydrogen) atoms. The second-order valence-corrected chi connectivity index (χ2v) is 2.93. The van der Waals surface area contributed by atoms with E-state index in [9.17, 15) is 10.2 Å². The minimum atomic E-state index is -1.20. The highest BCUT2D eigenvalue weighted by atomic mass is 16.4. The Kier molecular flexibility index (Phi) is 3.27. The molecule has 4 atom stereocenters. The molecule has 0 aliphatic heterocycles. The molecule has 1 aliphatic carbocycles. The molecule has 0 fully saturated rings. The Hall–Kier alpha value is -1.07. The maximum Gasteiger partial charge on any atom is 0.110 e. The Morgan fingerprint density at radius 2 is 1.92 bits per heavy atom. The molecular weight excluding hydrogens is 174 g/mol. The first-order valence-corrected chi connectivity index (χ1v) is 3.90. The van der Waals surface area contributed by atoms with Gasteiger partial charge in [0.05, 0.1) is 6.10 Å². The summed E-state index contributed by atoms with van der Waals surface area (Å²) in [5, 5.41) is 31.0. The van der Waals surface area contributed by atoms with Crippen molar-refractivity contribution in [2.24, 2.45) is 11.0 Å². The lowest BCUT2D eigenvalue weighted by Gasteiger charge is -2.29. The van der Waals surface area contributed by atoms with E-state index in [0.717, 1.165) is 0 Å². The maximum atomic E-state index is 9.39. The summed E-state index contributed by atoms with van der Waals surface area (Å²) in [5.41, 5.74) is 8.04. The van der Waals surface area contributed by atoms with E-state index in [1.807, 2.05) is 0 Å². The monoisotopic (exact) mass is 185 g/mol. The number of azide groups is 1. The first-order valence-electron chi connectivity index (χ1n) is 3.90. The van der Waals surface area contributed by atoms with Crippen molar-refractivity contribution in [1.82, 2.24) is 0 Å². The average molecular weight is 185 g/mol. The van der Waals surface area contributed by atoms with Crippen LogP contribution < -0.4 is 0 Å². The summed E-state index contributed by atoms with van der Waals surface area (Å²) in [6.07, 6.45) is -0.405. The molecular formula is C7H11N3O3. The van der Waals surface area contributed by atoms with Crippen molar-refractivity contribution in [3.8, 4) is 0 Å². The van der Waals surface area contributed by atoms with E-state index >= 15 is 0 Å². The van der Waals surface area contributed by atoms with Gasteiger partial charge >= 0.3 is 0 Å². The van der Waals surface area contributed by atoms with Gasteiger partial charge < -0.3 is 15.3 Å². The molecule has 0 heterocycles. The number of nitrogens with zero attached hydrogens (tertiary/aromatic N) is 3. The number of hydrogen-bond donors (Lipinski definition) is 3. The molecule has 0 aromatic heterocycles. The van der Waals surface area contributed by atoms with Crippen LogP contribution in [0.15, 0.2) is 17.3 Å². The van der Waals surface area contributed by atoms with Crippen LogP contribution in [0.1, 0.15) is 0 Å². The van der Waals surface area contributed by atoms with Crippen LogP contribution >= 0.6 is 0 Å². The fraction of sp³-hybridized carbons (Fsp3) is 0.714. The lowest BCUT2D eigenvalue weighted by atomic mass is 9.89. The molecule has 0 saturated carbocycles. The summed E-state index contributed by atoms with van der Waals surface area (Å²) in [6, 6.07) is 0. The molecule has 6 heteroatoms. The SMILES string of the molecule is [N-]=[N+]=NC[C@H]1C=C[C@H](O)C(O)C1O. The molecule has 3 N–H and O–H groups in total. The van der Waals surface area contributed by atoms with Crippen LogP contribution in [0.4, 0.5) is 0 Å². The zero-order valence-electron chi connectivity index (χ0n) is 6.85. The van der Waals surface area contributed by atoms with Crippen molar-refractivity contribution in [2.75, 3.05) is 6.54 Å². The third-order valence-electron chi connectivity index (χ3n) is 2.05. The fourth-order valence-corrected chi connectivity index (χ4v) is 1.24. The summed E-state index contributed by atoms with van der Waals surface area (Å²) < 4.78 is 0. The first-order chi connectivity index (χ1) is 6.16. The Morgan fingerprint density at radius 1 is 1.23 bits per heavy atom. The van der Waals surface area contributed by atoms with Crippen LogP contribution in [0.2, 0.25) is 0 Å². The van der Waals surface area contributed by atoms with Crippen LogP contribution in [0.25, 0.3) is 10.4 Å². The van der Waals surface area contributed by atoms with Crippen LogP contribution in [0, 0.1) is 5.92 Å². The summed E-state index contributed by atoms with van der Waals surface area (Å²) in [6.45, 7) is 0.0813. The van der Waals surface area contributed by atoms with Gasteiger partial charge in [-0.25, -0.2) is 0 Å². The van der Waals surface area contributed by atoms with Gasteiger partial charge in [-0.2, -0.15) is 0 Å². The summed E-state index contributed by atoms with van der Waals surface area (Å²) in [4.78, 5) is 2.54. The van der Waals surface area contributed by atoms with Crippen molar-refractivity contribution in [3.05, 3.63) is 22.6 Å². The van der Waals surface area contributed by atoms with Crippen LogP contribution in [-0.4, -0.2) is 40.2 Å². The molecule has 0 aromatic rings. The molecule has 0 radical (unpaired) electrons. The van der Waals surface area contributed by atoms with Crippen molar-refractivity contribution < 1.29 is 15.3 Å². The zero-order valence-corrected chi connectivity index (χ0v) is 6.85. The summed E-state index contributed by atoms with van der Waals surface area (Å²) >= 11 is 0. The highest BCUT2D eigenvalue weighted by Crippen LogP contribution is 2.19. The van der Waals surface area contributed by atoms with Gasteiger partial charge in [-0.15, -0.1) is 0 Å². The smallest absolute Gasteiger partial charge is 0.110 e. The first kappa shape index (κ1) is 10.0. The van der Waals surface area contributed by atoms with Crippen molar-refractivity contribution in [1.29, 1.82) is 0 Å². The standard InChI is InChI=1S/C7H11N3O3/c8-10-9-3-4-1-2-5(11)7(13)6(4)12/h1-2,4-7,11-13H,3H2/t4-,5+,6?,7?/m1/s1. The van der Waals surface area contributed by atoms with Crippen molar-refractivity contribution in [2.45, 2.75) is 18.3 Å². The van der Waals surface area contributed by atoms with E-state index in [4.69, 9.17) is 10.6 Å². The van der Waals surface area contributed by atoms with Gasteiger partial charge in [-0.3, -0.25) is 0 Å². The molecule has 72 valence electrons. The number of rotatable bonds is 2. The molecule has 6 nitrogen and oxygen atoms in total. The number of hydrogen-bond acceptors (Lipinski definition) is 4. The van der Waals surface area contributed by atoms with Gasteiger partial charge in [-0.1, -0.05) is 17.3 Å². The molecule has 1 rings (SSSR count). The number of aliphatic hydroxyl groups is 3. The molecule has 0 bridgehead atoms. The van der Waals surface area contributed by atoms with Gasteiger partial charge in [0, 0.05) is 17.4 Å². The van der Waals surface area contributed by atoms with E-state index < -0.39 is 24.2 Å². The quantitative estimate of drug-likeness (QED) is 0.235. The van der Waals surface area contributed by atoms with Gasteiger partial charge in [0.1, 0.15) is 12.2 Å². The predicted molar refractivity (Wildman–Crippen MR) is 44.7 cm³/mol. The largest absolute Gasteiger partial charge is 0.390 e. The van der Waals surface area contributed by atoms with Gasteiger partial charge in [0.15, 0.2) is 0 Å². The Bertz CT molecular complexity index is 249. The molecule has 1 aliphatic rings. The van der Waals surface area contributed by atoms with Crippen LogP contribution in [-0.2, 0) is 0 Å². The van der Waals surface area contributed by atoms with Crippen LogP contribution in [0.3, 0.4) is 0 Å². The van der Waals surface area contributed by atoms with E-state index in [1.165, 1.54) is 12.2 Å². The van der Waals surface area contributed by atoms with Gasteiger partial charge in [-0.05, 0) is 5.53 Å². The lowest BCUT2D eigenvalue weighted by Crippen LogP contribution is -2.44. The minimum absolute atomic E-state index is 0.0813. The third kappa shape index (κ3) is 2.19. The average Bonchev–Trinajstić information content (AvgIpc) is 2.13. The zero-order chi connectivity index (χ0) is 9.84. The normalized spacial score (nSPS) is 38.4. The third-order valence-corrected chi connectivity index (χ3v) is 2.05. The van der Waals surface area contributed by atoms with E-state index in [0.29, 0.717) is 0 Å². The van der Waals surface area contributed by atoms with Crippen molar-refractivity contribution >= 4 is 0 Å². The van der Waals surface area contributed by atoms with E-state index in [-0.39, 0.29) is 6.54 Å². The lowest BCUT2D eigenvalue weighted by molar-refractivity contribution is -0.0637. The Morgan fingerprint density at radius 3 is 2.54 bits per heavy atom. The molecule has 0 aromatic carbocycles. The summed E-state index contributed by atoms with van der Waals surface area (Å²) in [5.74, 6) is -0.422. The predicted octanol–water partition coefficient (Wildman–Crippen LogP) is -0.435. The van der Waals surface area contributed by atoms with Gasteiger partial charge in [0.25, 0.3) is 0 Å².